The van der Waals surface area contributed by atoms with Gasteiger partial charge >= 0.3 is 0 Å². The van der Waals surface area contributed by atoms with Gasteiger partial charge in [0.2, 0.25) is 0 Å². The van der Waals surface area contributed by atoms with Gasteiger partial charge < -0.3 is 11.1 Å². The van der Waals surface area contributed by atoms with Crippen molar-refractivity contribution in [3.8, 4) is 0 Å². The van der Waals surface area contributed by atoms with E-state index >= 15 is 0 Å². The molecule has 1 heterocycles. The Morgan fingerprint density at radius 3 is 2.62 bits per heavy atom. The number of carbonyl (C=O) groups excluding carboxylic acids is 2. The average Bonchev–Trinajstić information content (AvgIpc) is 2.98. The van der Waals surface area contributed by atoms with E-state index in [2.05, 4.69) is 26.1 Å². The second kappa shape index (κ2) is 7.76. The lowest BCUT2D eigenvalue weighted by Gasteiger charge is -2.33. The van der Waals surface area contributed by atoms with Crippen LogP contribution >= 0.6 is 22.9 Å². The van der Waals surface area contributed by atoms with Gasteiger partial charge in [0, 0.05) is 17.0 Å². The van der Waals surface area contributed by atoms with Crippen molar-refractivity contribution in [2.45, 2.75) is 40.0 Å². The third-order valence-corrected chi connectivity index (χ3v) is 6.87. The molecule has 2 amide bonds. The summed E-state index contributed by atoms with van der Waals surface area (Å²) >= 11 is 7.40. The van der Waals surface area contributed by atoms with Gasteiger partial charge in [-0.2, -0.15) is 0 Å². The fourth-order valence-electron chi connectivity index (χ4n) is 3.65. The summed E-state index contributed by atoms with van der Waals surface area (Å²) in [6.45, 7) is 6.58. The standard InChI is InChI=1S/C20H22ClN3O4S/c1-20(2,3)10-4-6-12-15(8-10)29-19(16(12)17(22)25)23-18(26)13-9-11(24(27)28)5-7-14(13)21/h5,7,9-10H,4,6,8H2,1-3H3,(H2,22,25)(H,23,26)/t10-/m0/s1. The van der Waals surface area contributed by atoms with Gasteiger partial charge in [-0.15, -0.1) is 11.3 Å². The number of nitrogens with two attached hydrogens (primary N) is 1. The van der Waals surface area contributed by atoms with Crippen molar-refractivity contribution in [3.63, 3.8) is 0 Å². The maximum Gasteiger partial charge on any atom is 0.270 e. The Bertz CT molecular complexity index is 1010. The van der Waals surface area contributed by atoms with E-state index in [9.17, 15) is 19.7 Å². The number of fused-ring (bicyclic) bond motifs is 1. The van der Waals surface area contributed by atoms with Crippen LogP contribution in [-0.2, 0) is 12.8 Å². The number of non-ortho nitro benzene ring substituents is 1. The van der Waals surface area contributed by atoms with Crippen molar-refractivity contribution in [1.29, 1.82) is 0 Å². The number of nitro groups is 1. The summed E-state index contributed by atoms with van der Waals surface area (Å²) in [6.07, 6.45) is 2.48. The first-order valence-electron chi connectivity index (χ1n) is 9.18. The van der Waals surface area contributed by atoms with E-state index in [1.165, 1.54) is 23.5 Å². The van der Waals surface area contributed by atoms with Crippen LogP contribution in [0.2, 0.25) is 5.02 Å². The second-order valence-electron chi connectivity index (χ2n) is 8.25. The lowest BCUT2D eigenvalue weighted by Crippen LogP contribution is -2.27. The minimum absolute atomic E-state index is 0.0322. The number of primary amides is 1. The normalized spacial score (nSPS) is 16.2. The topological polar surface area (TPSA) is 115 Å². The minimum atomic E-state index is -0.618. The Morgan fingerprint density at radius 1 is 1.34 bits per heavy atom. The lowest BCUT2D eigenvalue weighted by molar-refractivity contribution is -0.384. The van der Waals surface area contributed by atoms with Crippen molar-refractivity contribution < 1.29 is 14.5 Å². The first-order chi connectivity index (χ1) is 13.5. The Balaban J connectivity index is 1.95. The molecule has 0 saturated heterocycles. The average molecular weight is 436 g/mol. The van der Waals surface area contributed by atoms with E-state index in [4.69, 9.17) is 17.3 Å². The summed E-state index contributed by atoms with van der Waals surface area (Å²) in [6, 6.07) is 3.65. The van der Waals surface area contributed by atoms with E-state index in [-0.39, 0.29) is 21.7 Å². The molecule has 1 aliphatic rings. The van der Waals surface area contributed by atoms with Gasteiger partial charge in [0.1, 0.15) is 5.00 Å². The van der Waals surface area contributed by atoms with E-state index in [1.807, 2.05) is 0 Å². The summed E-state index contributed by atoms with van der Waals surface area (Å²) in [5, 5.41) is 14.2. The molecule has 0 unspecified atom stereocenters. The van der Waals surface area contributed by atoms with Crippen molar-refractivity contribution >= 4 is 45.4 Å². The van der Waals surface area contributed by atoms with E-state index in [0.717, 1.165) is 35.8 Å². The maximum absolute atomic E-state index is 12.8. The molecule has 29 heavy (non-hydrogen) atoms. The number of hydrogen-bond donors (Lipinski definition) is 2. The van der Waals surface area contributed by atoms with Crippen LogP contribution in [0.25, 0.3) is 0 Å². The van der Waals surface area contributed by atoms with Crippen LogP contribution in [0.3, 0.4) is 0 Å². The molecule has 0 saturated carbocycles. The molecular formula is C20H22ClN3O4S. The SMILES string of the molecule is CC(C)(C)[C@H]1CCc2c(sc(NC(=O)c3cc([N+](=O)[O-])ccc3Cl)c2C(N)=O)C1. The Morgan fingerprint density at radius 2 is 2.03 bits per heavy atom. The first-order valence-corrected chi connectivity index (χ1v) is 10.4. The highest BCUT2D eigenvalue weighted by Crippen LogP contribution is 2.44. The number of nitrogens with one attached hydrogen (secondary N) is 1. The molecular weight excluding hydrogens is 414 g/mol. The summed E-state index contributed by atoms with van der Waals surface area (Å²) in [5.74, 6) is -0.756. The van der Waals surface area contributed by atoms with Gasteiger partial charge in [0.25, 0.3) is 17.5 Å². The second-order valence-corrected chi connectivity index (χ2v) is 9.77. The number of carbonyl (C=O) groups is 2. The first kappa shape index (κ1) is 21.3. The van der Waals surface area contributed by atoms with Crippen molar-refractivity contribution in [3.05, 3.63) is 54.9 Å². The van der Waals surface area contributed by atoms with Crippen molar-refractivity contribution in [2.24, 2.45) is 17.1 Å². The number of nitro benzene ring substituents is 1. The van der Waals surface area contributed by atoms with Gasteiger partial charge in [0.15, 0.2) is 0 Å². The van der Waals surface area contributed by atoms with E-state index in [0.29, 0.717) is 16.5 Å². The van der Waals surface area contributed by atoms with Crippen molar-refractivity contribution in [1.82, 2.24) is 0 Å². The fourth-order valence-corrected chi connectivity index (χ4v) is 5.18. The maximum atomic E-state index is 12.8. The van der Waals surface area contributed by atoms with Crippen LogP contribution in [0.5, 0.6) is 0 Å². The summed E-state index contributed by atoms with van der Waals surface area (Å²) in [5.41, 5.74) is 6.69. The van der Waals surface area contributed by atoms with Gasteiger partial charge in [-0.1, -0.05) is 32.4 Å². The van der Waals surface area contributed by atoms with Crippen LogP contribution in [0.1, 0.15) is 58.3 Å². The summed E-state index contributed by atoms with van der Waals surface area (Å²) in [4.78, 5) is 36.3. The third kappa shape index (κ3) is 4.28. The fraction of sp³-hybridized carbons (Fsp3) is 0.400. The number of halogens is 1. The Hall–Kier alpha value is -2.45. The zero-order valence-electron chi connectivity index (χ0n) is 16.4. The van der Waals surface area contributed by atoms with Gasteiger partial charge in [-0.05, 0) is 42.2 Å². The monoisotopic (exact) mass is 435 g/mol. The number of thiophene rings is 1. The molecule has 2 aromatic rings. The quantitative estimate of drug-likeness (QED) is 0.529. The molecule has 0 spiro atoms. The molecule has 1 aromatic carbocycles. The molecule has 0 radical (unpaired) electrons. The molecule has 3 rings (SSSR count). The highest BCUT2D eigenvalue weighted by Gasteiger charge is 2.33. The van der Waals surface area contributed by atoms with Crippen LogP contribution in [0, 0.1) is 21.4 Å². The zero-order valence-corrected chi connectivity index (χ0v) is 17.9. The van der Waals surface area contributed by atoms with Crippen LogP contribution in [0.4, 0.5) is 10.7 Å². The van der Waals surface area contributed by atoms with Crippen LogP contribution in [0.15, 0.2) is 18.2 Å². The van der Waals surface area contributed by atoms with Gasteiger partial charge in [-0.3, -0.25) is 19.7 Å². The highest BCUT2D eigenvalue weighted by molar-refractivity contribution is 7.17. The zero-order chi connectivity index (χ0) is 21.5. The van der Waals surface area contributed by atoms with Gasteiger partial charge in [-0.25, -0.2) is 0 Å². The van der Waals surface area contributed by atoms with Crippen LogP contribution in [-0.4, -0.2) is 16.7 Å². The predicted molar refractivity (Wildman–Crippen MR) is 114 cm³/mol. The molecule has 3 N–H and O–H groups in total. The highest BCUT2D eigenvalue weighted by atomic mass is 35.5. The summed E-state index contributed by atoms with van der Waals surface area (Å²) < 4.78 is 0. The predicted octanol–water partition coefficient (Wildman–Crippen LogP) is 4.81. The van der Waals surface area contributed by atoms with E-state index < -0.39 is 16.7 Å². The number of nitrogens with zero attached hydrogens (tertiary/aromatic N) is 1. The number of benzene rings is 1. The molecule has 0 fully saturated rings. The number of rotatable bonds is 4. The van der Waals surface area contributed by atoms with Crippen LogP contribution < -0.4 is 11.1 Å². The molecule has 154 valence electrons. The third-order valence-electron chi connectivity index (χ3n) is 5.37. The Labute approximate surface area is 177 Å². The Kier molecular flexibility index (Phi) is 5.69. The van der Waals surface area contributed by atoms with Gasteiger partial charge in [0.05, 0.1) is 21.1 Å². The summed E-state index contributed by atoms with van der Waals surface area (Å²) in [7, 11) is 0. The minimum Gasteiger partial charge on any atom is -0.365 e. The molecule has 0 aliphatic heterocycles. The van der Waals surface area contributed by atoms with E-state index in [1.54, 1.807) is 0 Å². The largest absolute Gasteiger partial charge is 0.365 e. The molecule has 7 nitrogen and oxygen atoms in total. The number of anilines is 1. The molecule has 1 atom stereocenters. The molecule has 0 bridgehead atoms. The lowest BCUT2D eigenvalue weighted by atomic mass is 9.72. The molecule has 1 aliphatic carbocycles. The molecule has 9 heteroatoms. The van der Waals surface area contributed by atoms with Crippen molar-refractivity contribution in [2.75, 3.05) is 5.32 Å². The number of hydrogen-bond acceptors (Lipinski definition) is 5. The number of amides is 2. The smallest absolute Gasteiger partial charge is 0.270 e. The molecule has 1 aromatic heterocycles.